The van der Waals surface area contributed by atoms with Crippen molar-refractivity contribution in [1.29, 1.82) is 0 Å². The van der Waals surface area contributed by atoms with E-state index in [-0.39, 0.29) is 0 Å². The van der Waals surface area contributed by atoms with E-state index >= 15 is 0 Å². The Balaban J connectivity index is 2.33. The minimum absolute atomic E-state index is 0.581. The van der Waals surface area contributed by atoms with Crippen LogP contribution in [0.5, 0.6) is 0 Å². The predicted octanol–water partition coefficient (Wildman–Crippen LogP) is 3.68. The van der Waals surface area contributed by atoms with E-state index in [0.29, 0.717) is 6.54 Å². The number of anilines is 1. The Hall–Kier alpha value is -2.44. The average molecular weight is 368 g/mol. The summed E-state index contributed by atoms with van der Waals surface area (Å²) in [5, 5.41) is 4.24. The molecular formula is C20H25N5S. The summed E-state index contributed by atoms with van der Waals surface area (Å²) >= 11 is 1.75. The molecule has 26 heavy (non-hydrogen) atoms. The van der Waals surface area contributed by atoms with Crippen LogP contribution >= 0.6 is 11.3 Å². The SMILES string of the molecule is C/C=C(\C=C/NC)c1nc(N(C)CCN)c2sc3cccc(C)c3c2n1. The number of hydrogen-bond acceptors (Lipinski definition) is 6. The standard InChI is InChI=1S/C20H25N5S/c1-5-14(9-11-22-3)19-23-17-16-13(2)7-6-8-15(16)26-18(17)20(24-19)25(4)12-10-21/h5-9,11,22H,10,12,21H2,1-4H3/b11-9-,14-5+. The van der Waals surface area contributed by atoms with E-state index in [1.165, 1.54) is 15.6 Å². The van der Waals surface area contributed by atoms with Crippen molar-refractivity contribution in [2.45, 2.75) is 13.8 Å². The van der Waals surface area contributed by atoms with E-state index in [1.807, 2.05) is 39.4 Å². The summed E-state index contributed by atoms with van der Waals surface area (Å²) in [6.07, 6.45) is 5.92. The molecule has 6 heteroatoms. The fraction of sp³-hybridized carbons (Fsp3) is 0.300. The Bertz CT molecular complexity index is 987. The molecule has 3 aromatic rings. The largest absolute Gasteiger partial charge is 0.394 e. The Kier molecular flexibility index (Phi) is 5.54. The smallest absolute Gasteiger partial charge is 0.161 e. The fourth-order valence-electron chi connectivity index (χ4n) is 3.00. The van der Waals surface area contributed by atoms with Crippen molar-refractivity contribution in [3.8, 4) is 0 Å². The lowest BCUT2D eigenvalue weighted by Gasteiger charge is -2.18. The molecular weight excluding hydrogens is 342 g/mol. The molecule has 0 aliphatic carbocycles. The van der Waals surface area contributed by atoms with Gasteiger partial charge in [0.2, 0.25) is 0 Å². The molecule has 5 nitrogen and oxygen atoms in total. The highest BCUT2D eigenvalue weighted by molar-refractivity contribution is 7.26. The minimum atomic E-state index is 0.581. The summed E-state index contributed by atoms with van der Waals surface area (Å²) in [5.41, 5.74) is 9.02. The van der Waals surface area contributed by atoms with E-state index in [1.54, 1.807) is 11.3 Å². The van der Waals surface area contributed by atoms with Crippen molar-refractivity contribution in [3.63, 3.8) is 0 Å². The molecule has 0 saturated carbocycles. The number of hydrogen-bond donors (Lipinski definition) is 2. The first-order valence-corrected chi connectivity index (χ1v) is 9.54. The number of allylic oxidation sites excluding steroid dienone is 3. The average Bonchev–Trinajstić information content (AvgIpc) is 3.01. The maximum Gasteiger partial charge on any atom is 0.161 e. The molecule has 2 aromatic heterocycles. The highest BCUT2D eigenvalue weighted by Gasteiger charge is 2.18. The van der Waals surface area contributed by atoms with Gasteiger partial charge in [0.1, 0.15) is 0 Å². The number of rotatable bonds is 6. The number of benzene rings is 1. The minimum Gasteiger partial charge on any atom is -0.394 e. The highest BCUT2D eigenvalue weighted by Crippen LogP contribution is 2.39. The van der Waals surface area contributed by atoms with E-state index in [2.05, 4.69) is 35.3 Å². The van der Waals surface area contributed by atoms with Crippen molar-refractivity contribution in [3.05, 3.63) is 47.9 Å². The molecule has 0 spiro atoms. The number of nitrogens with zero attached hydrogens (tertiary/aromatic N) is 3. The predicted molar refractivity (Wildman–Crippen MR) is 114 cm³/mol. The summed E-state index contributed by atoms with van der Waals surface area (Å²) in [4.78, 5) is 12.0. The molecule has 0 bridgehead atoms. The number of likely N-dealkylation sites (N-methyl/N-ethyl adjacent to an activating group) is 1. The monoisotopic (exact) mass is 367 g/mol. The van der Waals surface area contributed by atoms with Gasteiger partial charge < -0.3 is 16.0 Å². The van der Waals surface area contributed by atoms with Crippen molar-refractivity contribution in [2.24, 2.45) is 5.73 Å². The van der Waals surface area contributed by atoms with Gasteiger partial charge in [-0.05, 0) is 37.8 Å². The molecule has 3 rings (SSSR count). The zero-order chi connectivity index (χ0) is 18.7. The van der Waals surface area contributed by atoms with Gasteiger partial charge in [-0.3, -0.25) is 0 Å². The second-order valence-electron chi connectivity index (χ2n) is 6.17. The number of aryl methyl sites for hydroxylation is 1. The summed E-state index contributed by atoms with van der Waals surface area (Å²) in [6.45, 7) is 5.47. The number of thiophene rings is 1. The van der Waals surface area contributed by atoms with Crippen molar-refractivity contribution in [2.75, 3.05) is 32.1 Å². The maximum atomic E-state index is 5.79. The molecule has 0 saturated heterocycles. The van der Waals surface area contributed by atoms with Crippen LogP contribution in [0.3, 0.4) is 0 Å². The summed E-state index contributed by atoms with van der Waals surface area (Å²) < 4.78 is 2.35. The van der Waals surface area contributed by atoms with Crippen LogP contribution in [-0.2, 0) is 0 Å². The first-order valence-electron chi connectivity index (χ1n) is 8.72. The fourth-order valence-corrected chi connectivity index (χ4v) is 4.27. The van der Waals surface area contributed by atoms with Crippen molar-refractivity contribution in [1.82, 2.24) is 15.3 Å². The first-order chi connectivity index (χ1) is 12.6. The third kappa shape index (κ3) is 3.30. The second-order valence-corrected chi connectivity index (χ2v) is 7.23. The topological polar surface area (TPSA) is 67.1 Å². The zero-order valence-corrected chi connectivity index (χ0v) is 16.5. The molecule has 0 aliphatic rings. The number of aromatic nitrogens is 2. The number of nitrogens with one attached hydrogen (secondary N) is 1. The third-order valence-corrected chi connectivity index (χ3v) is 5.50. The lowest BCUT2D eigenvalue weighted by molar-refractivity contribution is 0.869. The Labute approximate surface area is 158 Å². The molecule has 0 fully saturated rings. The lowest BCUT2D eigenvalue weighted by atomic mass is 10.1. The maximum absolute atomic E-state index is 5.79. The highest BCUT2D eigenvalue weighted by atomic mass is 32.1. The molecule has 136 valence electrons. The van der Waals surface area contributed by atoms with Crippen LogP contribution in [0.15, 0.2) is 36.6 Å². The molecule has 0 atom stereocenters. The molecule has 0 amide bonds. The Morgan fingerprint density at radius 2 is 2.15 bits per heavy atom. The van der Waals surface area contributed by atoms with Crippen LogP contribution < -0.4 is 16.0 Å². The quantitative estimate of drug-likeness (QED) is 0.651. The van der Waals surface area contributed by atoms with Gasteiger partial charge in [0.05, 0.1) is 10.2 Å². The van der Waals surface area contributed by atoms with Gasteiger partial charge in [0, 0.05) is 42.8 Å². The van der Waals surface area contributed by atoms with Gasteiger partial charge in [-0.2, -0.15) is 0 Å². The molecule has 3 N–H and O–H groups in total. The Morgan fingerprint density at radius 3 is 2.85 bits per heavy atom. The van der Waals surface area contributed by atoms with Gasteiger partial charge in [0.25, 0.3) is 0 Å². The van der Waals surface area contributed by atoms with Crippen LogP contribution in [-0.4, -0.2) is 37.2 Å². The Morgan fingerprint density at radius 1 is 1.35 bits per heavy atom. The van der Waals surface area contributed by atoms with Crippen LogP contribution in [0.2, 0.25) is 0 Å². The number of nitrogens with two attached hydrogens (primary N) is 1. The van der Waals surface area contributed by atoms with Gasteiger partial charge in [-0.15, -0.1) is 11.3 Å². The first kappa shape index (κ1) is 18.4. The van der Waals surface area contributed by atoms with Gasteiger partial charge in [-0.25, -0.2) is 9.97 Å². The van der Waals surface area contributed by atoms with Gasteiger partial charge >= 0.3 is 0 Å². The van der Waals surface area contributed by atoms with E-state index in [9.17, 15) is 0 Å². The molecule has 2 heterocycles. The van der Waals surface area contributed by atoms with Crippen molar-refractivity contribution < 1.29 is 0 Å². The summed E-state index contributed by atoms with van der Waals surface area (Å²) in [5.74, 6) is 1.67. The number of fused-ring (bicyclic) bond motifs is 3. The normalized spacial score (nSPS) is 12.4. The van der Waals surface area contributed by atoms with Crippen LogP contribution in [0, 0.1) is 6.92 Å². The third-order valence-electron chi connectivity index (χ3n) is 4.36. The van der Waals surface area contributed by atoms with E-state index in [0.717, 1.165) is 34.0 Å². The van der Waals surface area contributed by atoms with Crippen molar-refractivity contribution >= 4 is 43.0 Å². The zero-order valence-electron chi connectivity index (χ0n) is 15.7. The van der Waals surface area contributed by atoms with Gasteiger partial charge in [-0.1, -0.05) is 18.2 Å². The molecule has 0 radical (unpaired) electrons. The second kappa shape index (κ2) is 7.85. The summed E-state index contributed by atoms with van der Waals surface area (Å²) in [7, 11) is 3.92. The molecule has 1 aromatic carbocycles. The van der Waals surface area contributed by atoms with E-state index in [4.69, 9.17) is 15.7 Å². The van der Waals surface area contributed by atoms with E-state index < -0.39 is 0 Å². The molecule has 0 aliphatic heterocycles. The van der Waals surface area contributed by atoms with Crippen LogP contribution in [0.1, 0.15) is 18.3 Å². The lowest BCUT2D eigenvalue weighted by Crippen LogP contribution is -2.26. The van der Waals surface area contributed by atoms with Crippen LogP contribution in [0.4, 0.5) is 5.82 Å². The molecule has 0 unspecified atom stereocenters. The van der Waals surface area contributed by atoms with Gasteiger partial charge in [0.15, 0.2) is 11.6 Å². The summed E-state index contributed by atoms with van der Waals surface area (Å²) in [6, 6.07) is 6.38. The van der Waals surface area contributed by atoms with Crippen LogP contribution in [0.25, 0.3) is 25.9 Å².